The number of aromatic nitrogens is 6. The number of ketones is 1. The number of halogens is 1. The lowest BCUT2D eigenvalue weighted by atomic mass is 10.0. The van der Waals surface area contributed by atoms with E-state index < -0.39 is 81.9 Å². The standard InChI is InChI=1S/C23H25FN8O10P2S/c24-12-17-11(40-22(12)32-8-29-13-10(33)1-2-26-20(13)32)4-38-44(37,45)42-18-16(34)15(9-3-23(9,18)5-39-43(35,36)41-17)31-7-30-14-19(25)27-6-28-21(14)31/h2,6-9,11-12,15-18,22,34H,1,3-5H2,(H,35,36)(H,37,45)(H2,25,27,28)/t9-,11-,12-,15-,16+,17-,18+,22-,23-,44?/m1/s1. The summed E-state index contributed by atoms with van der Waals surface area (Å²) in [6.45, 7) is -5.26. The molecule has 18 nitrogen and oxygen atoms in total. The Balaban J connectivity index is 1.10. The Morgan fingerprint density at radius 3 is 2.76 bits per heavy atom. The van der Waals surface area contributed by atoms with Gasteiger partial charge in [-0.2, -0.15) is 0 Å². The van der Waals surface area contributed by atoms with Crippen LogP contribution in [-0.4, -0.2) is 99.8 Å². The molecule has 22 heteroatoms. The largest absolute Gasteiger partial charge is 0.472 e. The maximum Gasteiger partial charge on any atom is 0.472 e. The number of phosphoric ester groups is 1. The van der Waals surface area contributed by atoms with E-state index in [2.05, 4.69) is 24.9 Å². The number of carbonyl (C=O) groups excluding carboxylic acids is 1. The number of aliphatic hydroxyl groups is 1. The van der Waals surface area contributed by atoms with Crippen LogP contribution in [0, 0.1) is 11.3 Å². The molecule has 1 spiro atoms. The third-order valence-electron chi connectivity index (χ3n) is 8.99. The molecule has 2 saturated carbocycles. The quantitative estimate of drug-likeness (QED) is 0.274. The minimum absolute atomic E-state index is 0.0213. The van der Waals surface area contributed by atoms with E-state index in [-0.39, 0.29) is 29.5 Å². The Morgan fingerprint density at radius 1 is 1.13 bits per heavy atom. The molecule has 4 fully saturated rings. The lowest BCUT2D eigenvalue weighted by Crippen LogP contribution is -2.39. The molecular weight excluding hydrogens is 661 g/mol. The third-order valence-corrected chi connectivity index (χ3v) is 11.5. The Bertz CT molecular complexity index is 1860. The first-order valence-electron chi connectivity index (χ1n) is 13.7. The maximum absolute atomic E-state index is 16.0. The van der Waals surface area contributed by atoms with Gasteiger partial charge in [0, 0.05) is 18.1 Å². The molecule has 5 N–H and O–H groups in total. The number of hydrogen-bond acceptors (Lipinski definition) is 15. The molecule has 2 saturated heterocycles. The Morgan fingerprint density at radius 2 is 1.93 bits per heavy atom. The van der Waals surface area contributed by atoms with Crippen LogP contribution in [0.2, 0.25) is 0 Å². The molecule has 3 aromatic heterocycles. The van der Waals surface area contributed by atoms with Crippen molar-refractivity contribution in [1.82, 2.24) is 29.1 Å². The van der Waals surface area contributed by atoms with E-state index in [1.54, 1.807) is 4.57 Å². The van der Waals surface area contributed by atoms with Crippen molar-refractivity contribution in [3.63, 3.8) is 0 Å². The molecule has 2 aliphatic carbocycles. The Hall–Kier alpha value is -2.61. The number of anilines is 1. The SMILES string of the molecule is Nc1ncnc2c1ncn2[C@H]1[C@H](O)[C@@H]2OP(O)(=S)OC[C@H]3O[C@@H](n4cnc5c4N=CCC5=O)[C@H](F)[C@@H]3OP(=O)(O)OC[C@@]23C[C@H]13. The summed E-state index contributed by atoms with van der Waals surface area (Å²) in [4.78, 5) is 54.7. The summed E-state index contributed by atoms with van der Waals surface area (Å²) in [5.74, 6) is -0.557. The maximum atomic E-state index is 16.0. The molecule has 0 bridgehead atoms. The van der Waals surface area contributed by atoms with E-state index in [9.17, 15) is 24.3 Å². The van der Waals surface area contributed by atoms with Crippen molar-refractivity contribution in [3.05, 3.63) is 24.7 Å². The normalized spacial score (nSPS) is 42.8. The van der Waals surface area contributed by atoms with E-state index in [1.165, 1.54) is 29.8 Å². The summed E-state index contributed by atoms with van der Waals surface area (Å²) in [6, 6.07) is -0.730. The predicted octanol–water partition coefficient (Wildman–Crippen LogP) is 0.886. The van der Waals surface area contributed by atoms with Crippen LogP contribution >= 0.6 is 14.5 Å². The van der Waals surface area contributed by atoms with Gasteiger partial charge in [0.15, 0.2) is 41.2 Å². The van der Waals surface area contributed by atoms with Crippen molar-refractivity contribution in [3.8, 4) is 0 Å². The molecular formula is C23H25FN8O10P2S. The zero-order valence-electron chi connectivity index (χ0n) is 22.8. The highest BCUT2D eigenvalue weighted by molar-refractivity contribution is 8.07. The molecule has 3 aromatic rings. The van der Waals surface area contributed by atoms with Crippen LogP contribution in [0.3, 0.4) is 0 Å². The van der Waals surface area contributed by atoms with Crippen LogP contribution in [-0.2, 0) is 39.2 Å². The zero-order valence-corrected chi connectivity index (χ0v) is 25.4. The summed E-state index contributed by atoms with van der Waals surface area (Å²) < 4.78 is 60.0. The predicted molar refractivity (Wildman–Crippen MR) is 151 cm³/mol. The van der Waals surface area contributed by atoms with Crippen LogP contribution < -0.4 is 5.73 Å². The van der Waals surface area contributed by atoms with Crippen LogP contribution in [0.25, 0.3) is 11.2 Å². The van der Waals surface area contributed by atoms with Crippen molar-refractivity contribution in [2.24, 2.45) is 16.3 Å². The highest BCUT2D eigenvalue weighted by Gasteiger charge is 2.74. The second kappa shape index (κ2) is 10.2. The number of alkyl halides is 1. The van der Waals surface area contributed by atoms with E-state index in [4.69, 9.17) is 40.4 Å². The van der Waals surface area contributed by atoms with Gasteiger partial charge < -0.3 is 39.0 Å². The van der Waals surface area contributed by atoms with Crippen molar-refractivity contribution >= 4 is 61.1 Å². The fourth-order valence-electron chi connectivity index (χ4n) is 6.84. The first-order chi connectivity index (χ1) is 21.4. The van der Waals surface area contributed by atoms with Crippen molar-refractivity contribution in [2.45, 2.75) is 55.7 Å². The lowest BCUT2D eigenvalue weighted by molar-refractivity contribution is -0.0601. The molecule has 0 radical (unpaired) electrons. The van der Waals surface area contributed by atoms with E-state index in [1.807, 2.05) is 0 Å². The number of aliphatic imine (C=N–C) groups is 1. The Kier molecular flexibility index (Phi) is 6.74. The second-order valence-electron chi connectivity index (χ2n) is 11.5. The number of Topliss-reactive ketones (excluding diaryl/α,β-unsaturated/α-hetero) is 1. The van der Waals surface area contributed by atoms with Crippen LogP contribution in [0.5, 0.6) is 0 Å². The minimum Gasteiger partial charge on any atom is -0.388 e. The lowest BCUT2D eigenvalue weighted by Gasteiger charge is -2.32. The van der Waals surface area contributed by atoms with Gasteiger partial charge in [-0.1, -0.05) is 0 Å². The number of nitrogens with zero attached hydrogens (tertiary/aromatic N) is 7. The molecule has 8 rings (SSSR count). The van der Waals surface area contributed by atoms with Gasteiger partial charge in [0.1, 0.15) is 36.3 Å². The number of phosphoric acid groups is 1. The number of rotatable bonds is 2. The highest BCUT2D eigenvalue weighted by Crippen LogP contribution is 2.72. The van der Waals surface area contributed by atoms with Gasteiger partial charge >= 0.3 is 14.5 Å². The van der Waals surface area contributed by atoms with Gasteiger partial charge in [0.05, 0.1) is 31.9 Å². The van der Waals surface area contributed by atoms with E-state index in [0.29, 0.717) is 17.6 Å². The summed E-state index contributed by atoms with van der Waals surface area (Å²) in [7, 11) is -4.98. The van der Waals surface area contributed by atoms with E-state index >= 15 is 4.39 Å². The zero-order chi connectivity index (χ0) is 31.5. The van der Waals surface area contributed by atoms with E-state index in [0.717, 1.165) is 0 Å². The third kappa shape index (κ3) is 4.66. The van der Waals surface area contributed by atoms with Crippen LogP contribution in [0.4, 0.5) is 16.0 Å². The summed E-state index contributed by atoms with van der Waals surface area (Å²) in [5, 5.41) is 11.5. The number of nitrogen functional groups attached to an aromatic ring is 1. The average Bonchev–Trinajstić information content (AvgIpc) is 3.27. The monoisotopic (exact) mass is 686 g/mol. The molecule has 2 unspecified atom stereocenters. The number of hydrogen-bond donors (Lipinski definition) is 4. The number of ether oxygens (including phenoxy) is 1. The number of aliphatic hydroxyl groups excluding tert-OH is 1. The van der Waals surface area contributed by atoms with Gasteiger partial charge in [0.25, 0.3) is 0 Å². The van der Waals surface area contributed by atoms with Crippen LogP contribution in [0.15, 0.2) is 24.0 Å². The first-order valence-corrected chi connectivity index (χ1v) is 17.8. The van der Waals surface area contributed by atoms with Gasteiger partial charge in [-0.15, -0.1) is 0 Å². The molecule has 45 heavy (non-hydrogen) atoms. The van der Waals surface area contributed by atoms with Crippen molar-refractivity contribution in [1.29, 1.82) is 0 Å². The Labute approximate surface area is 257 Å². The topological polar surface area (TPSA) is 241 Å². The second-order valence-corrected chi connectivity index (χ2v) is 15.7. The molecule has 0 aromatic carbocycles. The van der Waals surface area contributed by atoms with Crippen molar-refractivity contribution in [2.75, 3.05) is 18.9 Å². The van der Waals surface area contributed by atoms with Gasteiger partial charge in [-0.25, -0.2) is 33.9 Å². The van der Waals surface area contributed by atoms with Gasteiger partial charge in [0.2, 0.25) is 0 Å². The molecule has 5 aliphatic rings. The fourth-order valence-corrected chi connectivity index (χ4v) is 9.34. The summed E-state index contributed by atoms with van der Waals surface area (Å²) in [5.41, 5.74) is 5.49. The van der Waals surface area contributed by atoms with Gasteiger partial charge in [-0.3, -0.25) is 18.4 Å². The number of fused-ring (bicyclic) bond motifs is 3. The summed E-state index contributed by atoms with van der Waals surface area (Å²) in [6.07, 6.45) is -3.73. The number of nitrogens with two attached hydrogens (primary N) is 1. The summed E-state index contributed by atoms with van der Waals surface area (Å²) >= 11 is 5.29. The molecule has 240 valence electrons. The number of carbonyl (C=O) groups is 1. The molecule has 11 atom stereocenters. The smallest absolute Gasteiger partial charge is 0.388 e. The van der Waals surface area contributed by atoms with Gasteiger partial charge in [-0.05, 0) is 24.1 Å². The molecule has 6 heterocycles. The highest BCUT2D eigenvalue weighted by atomic mass is 32.5. The number of imidazole rings is 2. The fraction of sp³-hybridized carbons (Fsp3) is 0.565. The minimum atomic E-state index is -4.98. The molecule has 3 aliphatic heterocycles. The van der Waals surface area contributed by atoms with Crippen molar-refractivity contribution < 1.29 is 51.5 Å². The van der Waals surface area contributed by atoms with Crippen LogP contribution in [0.1, 0.15) is 35.6 Å². The average molecular weight is 687 g/mol. The first kappa shape index (κ1) is 29.8. The molecule has 0 amide bonds.